The van der Waals surface area contributed by atoms with Crippen LogP contribution >= 0.6 is 23.2 Å². The average Bonchev–Trinajstić information content (AvgIpc) is 2.44. The minimum absolute atomic E-state index is 0.000402. The number of carbonyl (C=O) groups excluding carboxylic acids is 2. The normalized spacial score (nSPS) is 19.8. The molecule has 0 aliphatic carbocycles. The summed E-state index contributed by atoms with van der Waals surface area (Å²) in [7, 11) is 0. The highest BCUT2D eigenvalue weighted by Gasteiger charge is 2.26. The second-order valence-electron chi connectivity index (χ2n) is 4.94. The van der Waals surface area contributed by atoms with Crippen molar-refractivity contribution in [2.45, 2.75) is 18.9 Å². The lowest BCUT2D eigenvalue weighted by molar-refractivity contribution is -0.132. The first-order valence-electron chi connectivity index (χ1n) is 6.65. The van der Waals surface area contributed by atoms with E-state index in [-0.39, 0.29) is 30.7 Å². The van der Waals surface area contributed by atoms with Gasteiger partial charge in [0.25, 0.3) is 0 Å². The van der Waals surface area contributed by atoms with Gasteiger partial charge in [0.1, 0.15) is 0 Å². The smallest absolute Gasteiger partial charge is 0.223 e. The molecule has 5 nitrogen and oxygen atoms in total. The molecule has 0 saturated carbocycles. The zero-order valence-corrected chi connectivity index (χ0v) is 12.7. The molecule has 0 aromatic heterocycles. The highest BCUT2D eigenvalue weighted by atomic mass is 35.5. The number of carbonyl (C=O) groups is 2. The van der Waals surface area contributed by atoms with Crippen LogP contribution in [0.3, 0.4) is 0 Å². The highest BCUT2D eigenvalue weighted by molar-refractivity contribution is 6.36. The summed E-state index contributed by atoms with van der Waals surface area (Å²) < 4.78 is 0. The number of piperidine rings is 1. The molecule has 1 heterocycles. The standard InChI is InChI=1S/C14H16Cl2N2O3/c15-9-2-1-3-10(16)13(9)11(19)7-18-14(21)8-4-5-17-12(20)6-8/h1-3,8,11,19H,4-7H2,(H,17,20)(H,18,21). The van der Waals surface area contributed by atoms with Gasteiger partial charge in [0.15, 0.2) is 0 Å². The third-order valence-corrected chi connectivity index (χ3v) is 4.08. The first-order valence-corrected chi connectivity index (χ1v) is 7.41. The van der Waals surface area contributed by atoms with E-state index >= 15 is 0 Å². The van der Waals surface area contributed by atoms with E-state index in [1.807, 2.05) is 0 Å². The fourth-order valence-corrected chi connectivity index (χ4v) is 2.93. The zero-order valence-electron chi connectivity index (χ0n) is 11.2. The third kappa shape index (κ3) is 4.09. The predicted molar refractivity (Wildman–Crippen MR) is 80.2 cm³/mol. The van der Waals surface area contributed by atoms with Crippen molar-refractivity contribution in [2.75, 3.05) is 13.1 Å². The average molecular weight is 331 g/mol. The van der Waals surface area contributed by atoms with Gasteiger partial charge in [-0.15, -0.1) is 0 Å². The Morgan fingerprint density at radius 3 is 2.71 bits per heavy atom. The summed E-state index contributed by atoms with van der Waals surface area (Å²) in [4.78, 5) is 23.2. The highest BCUT2D eigenvalue weighted by Crippen LogP contribution is 2.29. The summed E-state index contributed by atoms with van der Waals surface area (Å²) in [5.74, 6) is -0.726. The van der Waals surface area contributed by atoms with Gasteiger partial charge in [0.05, 0.1) is 6.10 Å². The zero-order chi connectivity index (χ0) is 15.4. The lowest BCUT2D eigenvalue weighted by Crippen LogP contribution is -2.42. The van der Waals surface area contributed by atoms with Crippen molar-refractivity contribution in [1.82, 2.24) is 10.6 Å². The molecule has 114 valence electrons. The first-order chi connectivity index (χ1) is 9.99. The molecule has 0 radical (unpaired) electrons. The summed E-state index contributed by atoms with van der Waals surface area (Å²) >= 11 is 12.0. The second-order valence-corrected chi connectivity index (χ2v) is 5.75. The minimum Gasteiger partial charge on any atom is -0.386 e. The van der Waals surface area contributed by atoms with E-state index in [1.54, 1.807) is 18.2 Å². The maximum Gasteiger partial charge on any atom is 0.223 e. The van der Waals surface area contributed by atoms with Gasteiger partial charge in [-0.2, -0.15) is 0 Å². The number of aliphatic hydroxyl groups excluding tert-OH is 1. The number of hydrogen-bond donors (Lipinski definition) is 3. The van der Waals surface area contributed by atoms with Gasteiger partial charge in [-0.1, -0.05) is 29.3 Å². The lowest BCUT2D eigenvalue weighted by Gasteiger charge is -2.22. The van der Waals surface area contributed by atoms with E-state index in [4.69, 9.17) is 23.2 Å². The van der Waals surface area contributed by atoms with Crippen LogP contribution in [0.5, 0.6) is 0 Å². The Kier molecular flexibility index (Phi) is 5.45. The number of hydrogen-bond acceptors (Lipinski definition) is 3. The van der Waals surface area contributed by atoms with Crippen molar-refractivity contribution >= 4 is 35.0 Å². The fraction of sp³-hybridized carbons (Fsp3) is 0.429. The van der Waals surface area contributed by atoms with Crippen LogP contribution < -0.4 is 10.6 Å². The summed E-state index contributed by atoms with van der Waals surface area (Å²) in [5.41, 5.74) is 0.391. The molecule has 1 aliphatic rings. The Morgan fingerprint density at radius 1 is 1.43 bits per heavy atom. The monoisotopic (exact) mass is 330 g/mol. The molecule has 1 aliphatic heterocycles. The summed E-state index contributed by atoms with van der Waals surface area (Å²) in [6.45, 7) is 0.496. The Morgan fingerprint density at radius 2 is 2.10 bits per heavy atom. The quantitative estimate of drug-likeness (QED) is 0.785. The van der Waals surface area contributed by atoms with E-state index in [9.17, 15) is 14.7 Å². The van der Waals surface area contributed by atoms with Crippen LogP contribution in [0.2, 0.25) is 10.0 Å². The van der Waals surface area contributed by atoms with Gasteiger partial charge in [0, 0.05) is 41.0 Å². The topological polar surface area (TPSA) is 78.4 Å². The molecule has 2 unspecified atom stereocenters. The molecule has 1 aromatic rings. The van der Waals surface area contributed by atoms with Crippen LogP contribution in [-0.2, 0) is 9.59 Å². The van der Waals surface area contributed by atoms with Gasteiger partial charge in [0.2, 0.25) is 11.8 Å². The van der Waals surface area contributed by atoms with Crippen molar-refractivity contribution in [3.8, 4) is 0 Å². The summed E-state index contributed by atoms with van der Waals surface area (Å²) in [6, 6.07) is 4.93. The van der Waals surface area contributed by atoms with Crippen molar-refractivity contribution in [3.05, 3.63) is 33.8 Å². The van der Waals surface area contributed by atoms with E-state index in [1.165, 1.54) is 0 Å². The largest absolute Gasteiger partial charge is 0.386 e. The number of amides is 2. The van der Waals surface area contributed by atoms with Crippen LogP contribution in [0.15, 0.2) is 18.2 Å². The van der Waals surface area contributed by atoms with Gasteiger partial charge < -0.3 is 15.7 Å². The first kappa shape index (κ1) is 16.1. The van der Waals surface area contributed by atoms with Crippen molar-refractivity contribution in [3.63, 3.8) is 0 Å². The lowest BCUT2D eigenvalue weighted by atomic mass is 9.96. The molecule has 21 heavy (non-hydrogen) atoms. The van der Waals surface area contributed by atoms with Crippen LogP contribution in [-0.4, -0.2) is 30.0 Å². The molecule has 0 bridgehead atoms. The van der Waals surface area contributed by atoms with Crippen LogP contribution in [0.4, 0.5) is 0 Å². The molecular formula is C14H16Cl2N2O3. The third-order valence-electron chi connectivity index (χ3n) is 3.42. The van der Waals surface area contributed by atoms with Gasteiger partial charge in [-0.3, -0.25) is 9.59 Å². The van der Waals surface area contributed by atoms with E-state index in [2.05, 4.69) is 10.6 Å². The molecule has 0 spiro atoms. The number of rotatable bonds is 4. The van der Waals surface area contributed by atoms with Crippen LogP contribution in [0.25, 0.3) is 0 Å². The molecule has 1 fully saturated rings. The van der Waals surface area contributed by atoms with Gasteiger partial charge >= 0.3 is 0 Å². The van der Waals surface area contributed by atoms with Gasteiger partial charge in [-0.25, -0.2) is 0 Å². The maximum absolute atomic E-state index is 12.0. The predicted octanol–water partition coefficient (Wildman–Crippen LogP) is 1.67. The molecule has 2 rings (SSSR count). The SMILES string of the molecule is O=C1CC(C(=O)NCC(O)c2c(Cl)cccc2Cl)CCN1. The molecule has 7 heteroatoms. The molecule has 2 atom stereocenters. The second kappa shape index (κ2) is 7.11. The molecule has 3 N–H and O–H groups in total. The van der Waals surface area contributed by atoms with E-state index in [0.29, 0.717) is 28.6 Å². The van der Waals surface area contributed by atoms with E-state index in [0.717, 1.165) is 0 Å². The summed E-state index contributed by atoms with van der Waals surface area (Å²) in [6.07, 6.45) is -0.220. The maximum atomic E-state index is 12.0. The fourth-order valence-electron chi connectivity index (χ4n) is 2.28. The Balaban J connectivity index is 1.93. The van der Waals surface area contributed by atoms with E-state index < -0.39 is 6.10 Å². The molecule has 2 amide bonds. The summed E-state index contributed by atoms with van der Waals surface area (Å²) in [5, 5.41) is 16.1. The van der Waals surface area contributed by atoms with Crippen LogP contribution in [0, 0.1) is 5.92 Å². The molecule has 1 saturated heterocycles. The Bertz CT molecular complexity index is 531. The van der Waals surface area contributed by atoms with Crippen molar-refractivity contribution in [1.29, 1.82) is 0 Å². The minimum atomic E-state index is -0.993. The molecular weight excluding hydrogens is 315 g/mol. The Hall–Kier alpha value is -1.30. The van der Waals surface area contributed by atoms with Crippen LogP contribution in [0.1, 0.15) is 24.5 Å². The number of aliphatic hydroxyl groups is 1. The number of halogens is 2. The van der Waals surface area contributed by atoms with Crippen molar-refractivity contribution in [2.24, 2.45) is 5.92 Å². The number of nitrogens with one attached hydrogen (secondary N) is 2. The Labute approximate surface area is 132 Å². The number of benzene rings is 1. The van der Waals surface area contributed by atoms with Crippen molar-refractivity contribution < 1.29 is 14.7 Å². The van der Waals surface area contributed by atoms with Gasteiger partial charge in [-0.05, 0) is 18.6 Å². The molecule has 1 aromatic carbocycles.